The summed E-state index contributed by atoms with van der Waals surface area (Å²) < 4.78 is 44.6. The number of carbonyl (C=O) groups is 1. The zero-order valence-corrected chi connectivity index (χ0v) is 10.1. The van der Waals surface area contributed by atoms with E-state index < -0.39 is 24.9 Å². The van der Waals surface area contributed by atoms with E-state index in [0.717, 1.165) is 0 Å². The summed E-state index contributed by atoms with van der Waals surface area (Å²) in [5.74, 6) is -0.900. The highest BCUT2D eigenvalue weighted by atomic mass is 35.5. The number of rotatable bonds is 4. The highest BCUT2D eigenvalue weighted by Gasteiger charge is 2.31. The fourth-order valence-electron chi connectivity index (χ4n) is 1.05. The summed E-state index contributed by atoms with van der Waals surface area (Å²) in [5.41, 5.74) is 0. The molecular formula is C11H10ClF3O3. The molecule has 0 aliphatic heterocycles. The molecule has 0 radical (unpaired) electrons. The van der Waals surface area contributed by atoms with Crippen LogP contribution in [-0.4, -0.2) is 24.9 Å². The van der Waals surface area contributed by atoms with E-state index in [9.17, 15) is 18.0 Å². The van der Waals surface area contributed by atoms with Crippen molar-refractivity contribution in [2.45, 2.75) is 19.2 Å². The summed E-state index contributed by atoms with van der Waals surface area (Å²) >= 11 is 5.77. The molecule has 0 aliphatic rings. The van der Waals surface area contributed by atoms with Gasteiger partial charge < -0.3 is 9.47 Å². The maximum absolute atomic E-state index is 11.8. The highest BCUT2D eigenvalue weighted by molar-refractivity contribution is 6.32. The lowest BCUT2D eigenvalue weighted by molar-refractivity contribution is -0.190. The van der Waals surface area contributed by atoms with Crippen molar-refractivity contribution in [1.82, 2.24) is 0 Å². The molecule has 0 saturated heterocycles. The van der Waals surface area contributed by atoms with Gasteiger partial charge in [-0.05, 0) is 19.1 Å². The summed E-state index contributed by atoms with van der Waals surface area (Å²) in [6, 6.07) is 6.30. The molecule has 3 nitrogen and oxygen atoms in total. The molecule has 7 heteroatoms. The fraction of sp³-hybridized carbons (Fsp3) is 0.364. The number of hydrogen-bond acceptors (Lipinski definition) is 3. The van der Waals surface area contributed by atoms with Gasteiger partial charge in [-0.3, -0.25) is 0 Å². The van der Waals surface area contributed by atoms with Crippen LogP contribution in [0.1, 0.15) is 6.92 Å². The van der Waals surface area contributed by atoms with Gasteiger partial charge in [0, 0.05) is 0 Å². The second kappa shape index (κ2) is 5.95. The van der Waals surface area contributed by atoms with E-state index in [1.54, 1.807) is 12.1 Å². The molecule has 0 bridgehead atoms. The molecule has 1 aromatic rings. The molecule has 0 N–H and O–H groups in total. The lowest BCUT2D eigenvalue weighted by Gasteiger charge is -2.15. The average molecular weight is 283 g/mol. The van der Waals surface area contributed by atoms with Crippen LogP contribution in [0.5, 0.6) is 5.75 Å². The van der Waals surface area contributed by atoms with Gasteiger partial charge in [0.15, 0.2) is 12.7 Å². The van der Waals surface area contributed by atoms with Crippen LogP contribution in [0.4, 0.5) is 13.2 Å². The zero-order valence-electron chi connectivity index (χ0n) is 9.33. The molecule has 100 valence electrons. The van der Waals surface area contributed by atoms with Gasteiger partial charge in [0.1, 0.15) is 5.75 Å². The van der Waals surface area contributed by atoms with Crippen molar-refractivity contribution in [3.63, 3.8) is 0 Å². The summed E-state index contributed by atoms with van der Waals surface area (Å²) in [4.78, 5) is 11.2. The van der Waals surface area contributed by atoms with Gasteiger partial charge in [0.2, 0.25) is 0 Å². The van der Waals surface area contributed by atoms with Crippen molar-refractivity contribution in [3.8, 4) is 5.75 Å². The molecule has 0 aliphatic carbocycles. The average Bonchev–Trinajstić information content (AvgIpc) is 2.28. The monoisotopic (exact) mass is 282 g/mol. The maximum Gasteiger partial charge on any atom is 0.422 e. The lowest BCUT2D eigenvalue weighted by Crippen LogP contribution is -2.30. The summed E-state index contributed by atoms with van der Waals surface area (Å²) in [6.07, 6.45) is -5.73. The molecule has 1 atom stereocenters. The zero-order chi connectivity index (χ0) is 13.8. The minimum absolute atomic E-state index is 0.204. The van der Waals surface area contributed by atoms with Crippen LogP contribution in [0.15, 0.2) is 24.3 Å². The normalized spacial score (nSPS) is 12.9. The molecule has 0 fully saturated rings. The number of halogens is 4. The first-order valence-corrected chi connectivity index (χ1v) is 5.32. The van der Waals surface area contributed by atoms with E-state index in [1.807, 2.05) is 0 Å². The second-order valence-electron chi connectivity index (χ2n) is 3.41. The van der Waals surface area contributed by atoms with Gasteiger partial charge in [-0.25, -0.2) is 4.79 Å². The van der Waals surface area contributed by atoms with Crippen molar-refractivity contribution in [2.24, 2.45) is 0 Å². The SMILES string of the molecule is C[C@@H](Oc1ccccc1Cl)C(=O)OCC(F)(F)F. The Morgan fingerprint density at radius 2 is 2.00 bits per heavy atom. The molecule has 0 amide bonds. The molecule has 0 spiro atoms. The van der Waals surface area contributed by atoms with Crippen LogP contribution in [-0.2, 0) is 9.53 Å². The van der Waals surface area contributed by atoms with Gasteiger partial charge in [-0.15, -0.1) is 0 Å². The Bertz CT molecular complexity index is 420. The molecule has 18 heavy (non-hydrogen) atoms. The van der Waals surface area contributed by atoms with E-state index >= 15 is 0 Å². The Morgan fingerprint density at radius 3 is 2.56 bits per heavy atom. The number of hydrogen-bond donors (Lipinski definition) is 0. The number of carbonyl (C=O) groups excluding carboxylic acids is 1. The highest BCUT2D eigenvalue weighted by Crippen LogP contribution is 2.24. The van der Waals surface area contributed by atoms with Crippen molar-refractivity contribution in [3.05, 3.63) is 29.3 Å². The lowest BCUT2D eigenvalue weighted by atomic mass is 10.3. The fourth-order valence-corrected chi connectivity index (χ4v) is 1.23. The third-order valence-electron chi connectivity index (χ3n) is 1.85. The standard InChI is InChI=1S/C11H10ClF3O3/c1-7(10(16)17-6-11(13,14)15)18-9-5-3-2-4-8(9)12/h2-5,7H,6H2,1H3/t7-/m1/s1. The summed E-state index contributed by atoms with van der Waals surface area (Å²) in [6.45, 7) is -0.357. The van der Waals surface area contributed by atoms with Crippen molar-refractivity contribution in [2.75, 3.05) is 6.61 Å². The van der Waals surface area contributed by atoms with Crippen LogP contribution in [0.25, 0.3) is 0 Å². The Balaban J connectivity index is 2.53. The molecule has 0 heterocycles. The third kappa shape index (κ3) is 4.83. The predicted octanol–water partition coefficient (Wildman–Crippen LogP) is 3.21. The second-order valence-corrected chi connectivity index (χ2v) is 3.82. The Kier molecular flexibility index (Phi) is 4.84. The smallest absolute Gasteiger partial charge is 0.422 e. The Morgan fingerprint density at radius 1 is 1.39 bits per heavy atom. The predicted molar refractivity (Wildman–Crippen MR) is 58.6 cm³/mol. The van der Waals surface area contributed by atoms with Crippen LogP contribution < -0.4 is 4.74 Å². The minimum atomic E-state index is -4.56. The number of benzene rings is 1. The topological polar surface area (TPSA) is 35.5 Å². The van der Waals surface area contributed by atoms with Crippen molar-refractivity contribution < 1.29 is 27.4 Å². The summed E-state index contributed by atoms with van der Waals surface area (Å²) in [7, 11) is 0. The molecule has 1 aromatic carbocycles. The van der Waals surface area contributed by atoms with E-state index in [2.05, 4.69) is 4.74 Å². The van der Waals surface area contributed by atoms with Gasteiger partial charge >= 0.3 is 12.1 Å². The van der Waals surface area contributed by atoms with Gasteiger partial charge in [0.05, 0.1) is 5.02 Å². The first-order chi connectivity index (χ1) is 8.29. The summed E-state index contributed by atoms with van der Waals surface area (Å²) in [5, 5.41) is 0.257. The van der Waals surface area contributed by atoms with Gasteiger partial charge in [0.25, 0.3) is 0 Å². The van der Waals surface area contributed by atoms with Gasteiger partial charge in [-0.2, -0.15) is 13.2 Å². The molecule has 1 rings (SSSR count). The van der Waals surface area contributed by atoms with E-state index in [1.165, 1.54) is 19.1 Å². The molecule has 0 aromatic heterocycles. The van der Waals surface area contributed by atoms with Crippen LogP contribution in [0, 0.1) is 0 Å². The van der Waals surface area contributed by atoms with E-state index in [0.29, 0.717) is 0 Å². The number of alkyl halides is 3. The number of ether oxygens (including phenoxy) is 2. The van der Waals surface area contributed by atoms with Crippen LogP contribution in [0.3, 0.4) is 0 Å². The quantitative estimate of drug-likeness (QED) is 0.796. The van der Waals surface area contributed by atoms with E-state index in [-0.39, 0.29) is 10.8 Å². The Labute approximate surface area is 106 Å². The van der Waals surface area contributed by atoms with Crippen LogP contribution in [0.2, 0.25) is 5.02 Å². The van der Waals surface area contributed by atoms with Crippen LogP contribution >= 0.6 is 11.6 Å². The number of esters is 1. The minimum Gasteiger partial charge on any atom is -0.477 e. The third-order valence-corrected chi connectivity index (χ3v) is 2.16. The first kappa shape index (κ1) is 14.6. The largest absolute Gasteiger partial charge is 0.477 e. The maximum atomic E-state index is 11.8. The molecule has 0 unspecified atom stereocenters. The van der Waals surface area contributed by atoms with Gasteiger partial charge in [-0.1, -0.05) is 23.7 Å². The Hall–Kier alpha value is -1.43. The van der Waals surface area contributed by atoms with Crippen molar-refractivity contribution >= 4 is 17.6 Å². The van der Waals surface area contributed by atoms with Crippen molar-refractivity contribution in [1.29, 1.82) is 0 Å². The molecular weight excluding hydrogens is 273 g/mol. The molecule has 0 saturated carbocycles. The first-order valence-electron chi connectivity index (χ1n) is 4.94. The van der Waals surface area contributed by atoms with E-state index in [4.69, 9.17) is 16.3 Å². The number of para-hydroxylation sites is 1.